The molecule has 0 bridgehead atoms. The summed E-state index contributed by atoms with van der Waals surface area (Å²) in [6.45, 7) is 0.00126. The highest BCUT2D eigenvalue weighted by Crippen LogP contribution is 2.50. The van der Waals surface area contributed by atoms with Crippen LogP contribution in [0.25, 0.3) is 0 Å². The van der Waals surface area contributed by atoms with E-state index in [0.29, 0.717) is 23.4 Å². The summed E-state index contributed by atoms with van der Waals surface area (Å²) < 4.78 is 65.7. The molecule has 3 aromatic rings. The Morgan fingerprint density at radius 3 is 2.29 bits per heavy atom. The zero-order valence-electron chi connectivity index (χ0n) is 19.3. The van der Waals surface area contributed by atoms with Gasteiger partial charge in [0, 0.05) is 22.7 Å². The molecule has 3 amide bonds. The molecule has 2 aliphatic rings. The molecule has 2 fully saturated rings. The Morgan fingerprint density at radius 1 is 1.03 bits per heavy atom. The second-order valence-electron chi connectivity index (χ2n) is 8.69. The van der Waals surface area contributed by atoms with Gasteiger partial charge in [0.2, 0.25) is 0 Å². The topological polar surface area (TPSA) is 99.7 Å². The Labute approximate surface area is 224 Å². The van der Waals surface area contributed by atoms with Crippen molar-refractivity contribution in [2.45, 2.75) is 40.2 Å². The number of carbonyl (C=O) groups excluding carboxylic acids is 2. The van der Waals surface area contributed by atoms with Crippen molar-refractivity contribution >= 4 is 56.8 Å². The van der Waals surface area contributed by atoms with Gasteiger partial charge in [0.1, 0.15) is 11.4 Å². The van der Waals surface area contributed by atoms with Gasteiger partial charge >= 0.3 is 11.5 Å². The molecule has 1 aromatic heterocycles. The van der Waals surface area contributed by atoms with E-state index >= 15 is 0 Å². The summed E-state index contributed by atoms with van der Waals surface area (Å²) in [6.07, 6.45) is 2.26. The Kier molecular flexibility index (Phi) is 6.56. The van der Waals surface area contributed by atoms with Crippen molar-refractivity contribution in [3.05, 3.63) is 77.4 Å². The zero-order valence-corrected chi connectivity index (χ0v) is 21.7. The zero-order chi connectivity index (χ0) is 27.3. The fourth-order valence-corrected chi connectivity index (χ4v) is 5.85. The molecule has 198 valence electrons. The van der Waals surface area contributed by atoms with E-state index in [2.05, 4.69) is 9.71 Å². The number of amides is 3. The summed E-state index contributed by atoms with van der Waals surface area (Å²) in [5, 5.41) is 0.382. The van der Waals surface area contributed by atoms with Crippen LogP contribution in [0.15, 0.2) is 76.7 Å². The maximum atomic E-state index is 13.3. The highest BCUT2D eigenvalue weighted by atomic mass is 35.5. The number of alkyl halides is 3. The number of sulfonamides is 1. The van der Waals surface area contributed by atoms with Crippen LogP contribution in [0.2, 0.25) is 5.02 Å². The molecule has 38 heavy (non-hydrogen) atoms. The molecule has 5 rings (SSSR count). The summed E-state index contributed by atoms with van der Waals surface area (Å²) in [5.74, 6) is -0.425. The lowest BCUT2D eigenvalue weighted by atomic mass is 10.2. The number of nitrogens with zero attached hydrogens (tertiary/aromatic N) is 3. The Balaban J connectivity index is 1.35. The van der Waals surface area contributed by atoms with Crippen LogP contribution in [0.3, 0.4) is 0 Å². The van der Waals surface area contributed by atoms with E-state index < -0.39 is 33.0 Å². The highest BCUT2D eigenvalue weighted by Gasteiger charge is 2.65. The van der Waals surface area contributed by atoms with Gasteiger partial charge in [-0.3, -0.25) is 9.52 Å². The number of imide groups is 1. The first-order valence-electron chi connectivity index (χ1n) is 11.1. The fraction of sp³-hybridized carbons (Fsp3) is 0.208. The van der Waals surface area contributed by atoms with E-state index in [1.54, 1.807) is 6.07 Å². The van der Waals surface area contributed by atoms with Gasteiger partial charge < -0.3 is 4.90 Å². The van der Waals surface area contributed by atoms with Gasteiger partial charge in [0.15, 0.2) is 0 Å². The molecule has 1 saturated carbocycles. The van der Waals surface area contributed by atoms with Gasteiger partial charge in [-0.2, -0.15) is 13.2 Å². The predicted molar refractivity (Wildman–Crippen MR) is 135 cm³/mol. The second kappa shape index (κ2) is 9.47. The number of halogens is 4. The third kappa shape index (κ3) is 5.18. The quantitative estimate of drug-likeness (QED) is 0.285. The van der Waals surface area contributed by atoms with Crippen molar-refractivity contribution < 1.29 is 31.2 Å². The van der Waals surface area contributed by atoms with E-state index in [1.807, 2.05) is 0 Å². The number of pyridine rings is 1. The van der Waals surface area contributed by atoms with Crippen LogP contribution in [-0.2, 0) is 21.4 Å². The fourth-order valence-electron chi connectivity index (χ4n) is 4.18. The standard InChI is InChI=1S/C24H18ClF3N4O4S2/c25-16-1-7-19(8-2-16)38(35,36)30-20-13-15(9-12-29-20)14-31-22(34)32(21(33)23(31)10-11-23)17-3-5-18(6-4-17)37-24(26,27)28/h1-9,12-13H,10-11,14H2,(H,29,30). The number of thioether (sulfide) groups is 1. The molecule has 0 atom stereocenters. The maximum Gasteiger partial charge on any atom is 0.446 e. The molecule has 0 unspecified atom stereocenters. The second-order valence-corrected chi connectivity index (χ2v) is 11.9. The van der Waals surface area contributed by atoms with Gasteiger partial charge in [0.25, 0.3) is 15.9 Å². The lowest BCUT2D eigenvalue weighted by Gasteiger charge is -2.21. The van der Waals surface area contributed by atoms with Crippen LogP contribution in [-0.4, -0.2) is 41.3 Å². The van der Waals surface area contributed by atoms with Crippen molar-refractivity contribution in [2.24, 2.45) is 0 Å². The normalized spacial score (nSPS) is 16.8. The minimum absolute atomic E-state index is 0.00126. The van der Waals surface area contributed by atoms with Crippen LogP contribution >= 0.6 is 23.4 Å². The number of anilines is 2. The van der Waals surface area contributed by atoms with E-state index in [1.165, 1.54) is 65.7 Å². The number of urea groups is 1. The number of hydrogen-bond acceptors (Lipinski definition) is 6. The highest BCUT2D eigenvalue weighted by molar-refractivity contribution is 8.00. The predicted octanol–water partition coefficient (Wildman–Crippen LogP) is 5.65. The van der Waals surface area contributed by atoms with Gasteiger partial charge in [-0.25, -0.2) is 23.1 Å². The van der Waals surface area contributed by atoms with Crippen LogP contribution in [0, 0.1) is 0 Å². The first kappa shape index (κ1) is 26.3. The van der Waals surface area contributed by atoms with Crippen molar-refractivity contribution in [1.82, 2.24) is 9.88 Å². The molecule has 1 aliphatic heterocycles. The third-order valence-electron chi connectivity index (χ3n) is 6.12. The average Bonchev–Trinajstić information content (AvgIpc) is 3.61. The van der Waals surface area contributed by atoms with Gasteiger partial charge in [-0.05, 0) is 90.8 Å². The van der Waals surface area contributed by atoms with Gasteiger partial charge in [-0.15, -0.1) is 0 Å². The van der Waals surface area contributed by atoms with Crippen molar-refractivity contribution in [1.29, 1.82) is 0 Å². The SMILES string of the molecule is O=C1N(c2ccc(SC(F)(F)F)cc2)C(=O)C2(CC2)N1Cc1ccnc(NS(=O)(=O)c2ccc(Cl)cc2)c1. The van der Waals surface area contributed by atoms with E-state index in [4.69, 9.17) is 11.6 Å². The van der Waals surface area contributed by atoms with Crippen molar-refractivity contribution in [3.8, 4) is 0 Å². The Morgan fingerprint density at radius 2 is 1.68 bits per heavy atom. The molecule has 2 aromatic carbocycles. The number of rotatable bonds is 7. The molecule has 0 radical (unpaired) electrons. The average molecular weight is 583 g/mol. The Bertz CT molecular complexity index is 1510. The van der Waals surface area contributed by atoms with Gasteiger partial charge in [-0.1, -0.05) is 11.6 Å². The van der Waals surface area contributed by atoms with E-state index in [9.17, 15) is 31.2 Å². The molecular weight excluding hydrogens is 565 g/mol. The number of nitrogens with one attached hydrogen (secondary N) is 1. The van der Waals surface area contributed by atoms with E-state index in [-0.39, 0.29) is 39.6 Å². The van der Waals surface area contributed by atoms with Crippen LogP contribution in [0.5, 0.6) is 0 Å². The molecule has 1 N–H and O–H groups in total. The number of hydrogen-bond donors (Lipinski definition) is 1. The molecule has 8 nitrogen and oxygen atoms in total. The lowest BCUT2D eigenvalue weighted by Crippen LogP contribution is -2.36. The smallest absolute Gasteiger partial charge is 0.305 e. The minimum Gasteiger partial charge on any atom is -0.305 e. The Hall–Kier alpha value is -3.29. The summed E-state index contributed by atoms with van der Waals surface area (Å²) in [4.78, 5) is 32.9. The first-order chi connectivity index (χ1) is 17.9. The summed E-state index contributed by atoms with van der Waals surface area (Å²) in [6, 6.07) is 13.1. The molecule has 1 aliphatic carbocycles. The first-order valence-corrected chi connectivity index (χ1v) is 13.8. The molecular formula is C24H18ClF3N4O4S2. The molecule has 14 heteroatoms. The maximum absolute atomic E-state index is 13.3. The molecule has 1 spiro atoms. The summed E-state index contributed by atoms with van der Waals surface area (Å²) >= 11 is 5.54. The van der Waals surface area contributed by atoms with Crippen molar-refractivity contribution in [2.75, 3.05) is 9.62 Å². The molecule has 1 saturated heterocycles. The third-order valence-corrected chi connectivity index (χ3v) is 8.48. The number of carbonyl (C=O) groups is 2. The number of aromatic nitrogens is 1. The number of benzene rings is 2. The minimum atomic E-state index is -4.46. The van der Waals surface area contributed by atoms with Crippen LogP contribution < -0.4 is 9.62 Å². The lowest BCUT2D eigenvalue weighted by molar-refractivity contribution is -0.120. The van der Waals surface area contributed by atoms with Gasteiger partial charge in [0.05, 0.1) is 10.6 Å². The summed E-state index contributed by atoms with van der Waals surface area (Å²) in [5.41, 5.74) is -4.79. The monoisotopic (exact) mass is 582 g/mol. The molecule has 2 heterocycles. The van der Waals surface area contributed by atoms with Crippen molar-refractivity contribution in [3.63, 3.8) is 0 Å². The summed E-state index contributed by atoms with van der Waals surface area (Å²) in [7, 11) is -3.95. The van der Waals surface area contributed by atoms with E-state index in [0.717, 1.165) is 4.90 Å². The largest absolute Gasteiger partial charge is 0.446 e. The van der Waals surface area contributed by atoms with Crippen LogP contribution in [0.1, 0.15) is 18.4 Å². The van der Waals surface area contributed by atoms with Crippen LogP contribution in [0.4, 0.5) is 29.5 Å².